The lowest BCUT2D eigenvalue weighted by atomic mass is 9.67. The van der Waals surface area contributed by atoms with Gasteiger partial charge in [-0.15, -0.1) is 24.0 Å². The van der Waals surface area contributed by atoms with Crippen LogP contribution in [0.15, 0.2) is 4.99 Å². The third-order valence-electron chi connectivity index (χ3n) is 5.50. The molecule has 0 radical (unpaired) electrons. The molecular weight excluding hydrogens is 439 g/mol. The quantitative estimate of drug-likeness (QED) is 0.273. The van der Waals surface area contributed by atoms with E-state index in [1.54, 1.807) is 7.05 Å². The third-order valence-corrected chi connectivity index (χ3v) is 6.85. The molecule has 0 bridgehead atoms. The van der Waals surface area contributed by atoms with E-state index >= 15 is 0 Å². The number of aliphatic imine (C=N–C) groups is 1. The van der Waals surface area contributed by atoms with Gasteiger partial charge in [-0.3, -0.25) is 4.99 Å². The Morgan fingerprint density at radius 1 is 1.21 bits per heavy atom. The first-order chi connectivity index (χ1) is 11.0. The van der Waals surface area contributed by atoms with Crippen molar-refractivity contribution in [3.63, 3.8) is 0 Å². The van der Waals surface area contributed by atoms with Gasteiger partial charge in [0, 0.05) is 26.7 Å². The molecule has 0 amide bonds. The monoisotopic (exact) mass is 472 g/mol. The normalized spacial score (nSPS) is 20.5. The highest BCUT2D eigenvalue weighted by Gasteiger charge is 2.34. The topological polar surface area (TPSA) is 82.6 Å². The number of hydrogen-bond donors (Lipinski definition) is 3. The van der Waals surface area contributed by atoms with Crippen LogP contribution in [0.25, 0.3) is 0 Å². The van der Waals surface area contributed by atoms with Crippen LogP contribution in [0.5, 0.6) is 0 Å². The molecule has 0 heterocycles. The largest absolute Gasteiger partial charge is 0.356 e. The molecule has 0 aliphatic heterocycles. The van der Waals surface area contributed by atoms with Crippen LogP contribution in [-0.4, -0.2) is 46.8 Å². The molecule has 142 valence electrons. The third kappa shape index (κ3) is 6.67. The molecule has 0 unspecified atom stereocenters. The van der Waals surface area contributed by atoms with Crippen molar-refractivity contribution >= 4 is 40.0 Å². The summed E-state index contributed by atoms with van der Waals surface area (Å²) in [6.07, 6.45) is 8.56. The molecule has 2 saturated carbocycles. The first kappa shape index (κ1) is 22.0. The molecule has 3 N–H and O–H groups in total. The van der Waals surface area contributed by atoms with E-state index in [1.165, 1.54) is 32.1 Å². The maximum Gasteiger partial charge on any atom is 0.213 e. The van der Waals surface area contributed by atoms with Crippen molar-refractivity contribution in [1.29, 1.82) is 0 Å². The Bertz CT molecular complexity index is 497. The van der Waals surface area contributed by atoms with Gasteiger partial charge in [0.15, 0.2) is 5.96 Å². The first-order valence-corrected chi connectivity index (χ1v) is 10.6. The van der Waals surface area contributed by atoms with E-state index in [9.17, 15) is 8.42 Å². The predicted octanol–water partition coefficient (Wildman–Crippen LogP) is 2.07. The number of nitrogens with zero attached hydrogens (tertiary/aromatic N) is 1. The van der Waals surface area contributed by atoms with Crippen molar-refractivity contribution in [1.82, 2.24) is 15.4 Å². The van der Waals surface area contributed by atoms with Gasteiger partial charge in [-0.1, -0.05) is 19.8 Å². The maximum atomic E-state index is 12.0. The molecule has 0 atom stereocenters. The summed E-state index contributed by atoms with van der Waals surface area (Å²) in [5.74, 6) is 1.32. The van der Waals surface area contributed by atoms with Crippen molar-refractivity contribution in [2.45, 2.75) is 51.9 Å². The molecule has 2 rings (SSSR count). The van der Waals surface area contributed by atoms with Crippen LogP contribution in [-0.2, 0) is 10.0 Å². The summed E-state index contributed by atoms with van der Waals surface area (Å²) in [6.45, 7) is 4.11. The standard InChI is InChI=1S/C16H32N4O2S.HI/c1-3-16(8-5-9-16)13-19-15(17-2)18-10-11-23(21,22)20-12-14-6-4-7-14;/h14,20H,3-13H2,1-2H3,(H2,17,18,19);1H. The zero-order chi connectivity index (χ0) is 16.8. The number of guanidine groups is 1. The molecule has 0 saturated heterocycles. The summed E-state index contributed by atoms with van der Waals surface area (Å²) >= 11 is 0. The number of halogens is 1. The summed E-state index contributed by atoms with van der Waals surface area (Å²) < 4.78 is 26.6. The van der Waals surface area contributed by atoms with Crippen LogP contribution in [0, 0.1) is 11.3 Å². The average Bonchev–Trinajstić information content (AvgIpc) is 2.42. The van der Waals surface area contributed by atoms with Crippen LogP contribution in [0.1, 0.15) is 51.9 Å². The molecule has 0 aromatic heterocycles. The van der Waals surface area contributed by atoms with Crippen LogP contribution in [0.4, 0.5) is 0 Å². The molecule has 0 aromatic rings. The Morgan fingerprint density at radius 3 is 2.38 bits per heavy atom. The van der Waals surface area contributed by atoms with E-state index in [0.717, 1.165) is 19.4 Å². The van der Waals surface area contributed by atoms with Gasteiger partial charge < -0.3 is 10.6 Å². The Kier molecular flexibility index (Phi) is 9.29. The van der Waals surface area contributed by atoms with E-state index in [4.69, 9.17) is 0 Å². The minimum Gasteiger partial charge on any atom is -0.356 e. The van der Waals surface area contributed by atoms with Crippen molar-refractivity contribution in [3.8, 4) is 0 Å². The van der Waals surface area contributed by atoms with Gasteiger partial charge in [-0.25, -0.2) is 13.1 Å². The van der Waals surface area contributed by atoms with E-state index < -0.39 is 10.0 Å². The lowest BCUT2D eigenvalue weighted by Crippen LogP contribution is -2.47. The zero-order valence-electron chi connectivity index (χ0n) is 14.9. The van der Waals surface area contributed by atoms with Crippen LogP contribution < -0.4 is 15.4 Å². The molecule has 2 aliphatic carbocycles. The van der Waals surface area contributed by atoms with Crippen LogP contribution >= 0.6 is 24.0 Å². The zero-order valence-corrected chi connectivity index (χ0v) is 18.1. The highest BCUT2D eigenvalue weighted by Crippen LogP contribution is 2.42. The number of hydrogen-bond acceptors (Lipinski definition) is 3. The Labute approximate surface area is 164 Å². The van der Waals surface area contributed by atoms with Gasteiger partial charge in [0.05, 0.1) is 5.75 Å². The summed E-state index contributed by atoms with van der Waals surface area (Å²) in [5.41, 5.74) is 0.411. The molecule has 2 fully saturated rings. The lowest BCUT2D eigenvalue weighted by Gasteiger charge is -2.41. The smallest absolute Gasteiger partial charge is 0.213 e. The summed E-state index contributed by atoms with van der Waals surface area (Å²) in [4.78, 5) is 4.18. The van der Waals surface area contributed by atoms with Crippen molar-refractivity contribution in [2.75, 3.05) is 32.4 Å². The van der Waals surface area contributed by atoms with Gasteiger partial charge >= 0.3 is 0 Å². The Morgan fingerprint density at radius 2 is 1.92 bits per heavy atom. The predicted molar refractivity (Wildman–Crippen MR) is 110 cm³/mol. The van der Waals surface area contributed by atoms with Gasteiger partial charge in [0.2, 0.25) is 10.0 Å². The highest BCUT2D eigenvalue weighted by molar-refractivity contribution is 14.0. The summed E-state index contributed by atoms with van der Waals surface area (Å²) in [5, 5.41) is 6.45. The number of rotatable bonds is 9. The molecule has 24 heavy (non-hydrogen) atoms. The fourth-order valence-corrected chi connectivity index (χ4v) is 4.15. The van der Waals surface area contributed by atoms with Gasteiger partial charge in [0.25, 0.3) is 0 Å². The van der Waals surface area contributed by atoms with E-state index in [1.807, 2.05) is 0 Å². The van der Waals surface area contributed by atoms with Crippen molar-refractivity contribution in [2.24, 2.45) is 16.3 Å². The fourth-order valence-electron chi connectivity index (χ4n) is 3.14. The average molecular weight is 472 g/mol. The summed E-state index contributed by atoms with van der Waals surface area (Å²) in [7, 11) is -1.47. The summed E-state index contributed by atoms with van der Waals surface area (Å²) in [6, 6.07) is 0. The molecule has 0 spiro atoms. The van der Waals surface area contributed by atoms with E-state index in [0.29, 0.717) is 30.4 Å². The lowest BCUT2D eigenvalue weighted by molar-refractivity contribution is 0.131. The molecule has 8 heteroatoms. The Hall–Kier alpha value is -0.0900. The van der Waals surface area contributed by atoms with Crippen LogP contribution in [0.3, 0.4) is 0 Å². The minimum absolute atomic E-state index is 0. The second-order valence-corrected chi connectivity index (χ2v) is 8.95. The minimum atomic E-state index is -3.19. The fraction of sp³-hybridized carbons (Fsp3) is 0.938. The second-order valence-electron chi connectivity index (χ2n) is 7.02. The molecule has 2 aliphatic rings. The molecular formula is C16H33IN4O2S. The molecule has 6 nitrogen and oxygen atoms in total. The number of sulfonamides is 1. The van der Waals surface area contributed by atoms with Crippen LogP contribution in [0.2, 0.25) is 0 Å². The first-order valence-electron chi connectivity index (χ1n) is 8.90. The highest BCUT2D eigenvalue weighted by atomic mass is 127. The Balaban J connectivity index is 0.00000288. The number of nitrogens with one attached hydrogen (secondary N) is 3. The van der Waals surface area contributed by atoms with Gasteiger partial charge in [-0.05, 0) is 43.4 Å². The second kappa shape index (κ2) is 10.2. The van der Waals surface area contributed by atoms with Gasteiger partial charge in [0.1, 0.15) is 0 Å². The SMILES string of the molecule is CCC1(CNC(=NC)NCCS(=O)(=O)NCC2CCC2)CCC1.I. The maximum absolute atomic E-state index is 12.0. The van der Waals surface area contributed by atoms with Crippen molar-refractivity contribution < 1.29 is 8.42 Å². The van der Waals surface area contributed by atoms with E-state index in [2.05, 4.69) is 27.3 Å². The van der Waals surface area contributed by atoms with E-state index in [-0.39, 0.29) is 29.7 Å². The van der Waals surface area contributed by atoms with Crippen molar-refractivity contribution in [3.05, 3.63) is 0 Å². The molecule has 0 aromatic carbocycles. The van der Waals surface area contributed by atoms with Gasteiger partial charge in [-0.2, -0.15) is 0 Å².